The predicted octanol–water partition coefficient (Wildman–Crippen LogP) is 4.10. The fourth-order valence-electron chi connectivity index (χ4n) is 3.76. The Morgan fingerprint density at radius 1 is 1.05 bits per heavy atom. The van der Waals surface area contributed by atoms with Crippen molar-refractivity contribution in [2.45, 2.75) is 65.6 Å². The number of amides is 2. The van der Waals surface area contributed by atoms with Crippen LogP contribution in [-0.4, -0.2) is 56.6 Å². The molecular weight excluding hydrogens is 497 g/mol. The number of sulfonamides is 1. The lowest BCUT2D eigenvalue weighted by atomic mass is 10.1. The Balaban J connectivity index is 2.20. The molecule has 0 aromatic heterocycles. The van der Waals surface area contributed by atoms with Crippen LogP contribution < -0.4 is 14.4 Å². The maximum absolute atomic E-state index is 13.4. The molecule has 1 N–H and O–H groups in total. The van der Waals surface area contributed by atoms with Gasteiger partial charge in [-0.05, 0) is 63.4 Å². The Kier molecular flexibility index (Phi) is 11.4. The summed E-state index contributed by atoms with van der Waals surface area (Å²) in [6.45, 7) is 7.87. The van der Waals surface area contributed by atoms with Crippen LogP contribution in [0.25, 0.3) is 0 Å². The molecule has 2 aromatic carbocycles. The third-order valence-corrected chi connectivity index (χ3v) is 7.20. The molecule has 8 nitrogen and oxygen atoms in total. The SMILES string of the molecule is CCOc1ccccc1N(CCCC(=O)N(Cc1ccc(F)cc1)[C@H](C)C(=O)N[C@@H](C)CC)S(C)(=O)=O. The van der Waals surface area contributed by atoms with E-state index < -0.39 is 21.9 Å². The zero-order valence-electron chi connectivity index (χ0n) is 22.2. The van der Waals surface area contributed by atoms with Gasteiger partial charge < -0.3 is 15.0 Å². The van der Waals surface area contributed by atoms with Gasteiger partial charge in [-0.15, -0.1) is 0 Å². The number of anilines is 1. The van der Waals surface area contributed by atoms with Crippen LogP contribution in [0.2, 0.25) is 0 Å². The maximum Gasteiger partial charge on any atom is 0.242 e. The highest BCUT2D eigenvalue weighted by molar-refractivity contribution is 7.92. The van der Waals surface area contributed by atoms with E-state index in [1.807, 2.05) is 20.8 Å². The van der Waals surface area contributed by atoms with Gasteiger partial charge in [-0.1, -0.05) is 31.2 Å². The van der Waals surface area contributed by atoms with Crippen molar-refractivity contribution in [3.63, 3.8) is 0 Å². The lowest BCUT2D eigenvalue weighted by Gasteiger charge is -2.30. The molecular formula is C27H38FN3O5S. The Hall–Kier alpha value is -3.14. The van der Waals surface area contributed by atoms with Crippen molar-refractivity contribution in [2.24, 2.45) is 0 Å². The number of rotatable bonds is 14. The molecule has 0 radical (unpaired) electrons. The minimum Gasteiger partial charge on any atom is -0.492 e. The average molecular weight is 536 g/mol. The molecule has 0 bridgehead atoms. The first-order valence-corrected chi connectivity index (χ1v) is 14.4. The first-order valence-electron chi connectivity index (χ1n) is 12.5. The molecule has 37 heavy (non-hydrogen) atoms. The number of ether oxygens (including phenoxy) is 1. The molecule has 0 heterocycles. The monoisotopic (exact) mass is 535 g/mol. The molecule has 2 aromatic rings. The molecule has 0 saturated carbocycles. The molecule has 0 unspecified atom stereocenters. The van der Waals surface area contributed by atoms with Gasteiger partial charge >= 0.3 is 0 Å². The van der Waals surface area contributed by atoms with E-state index in [0.29, 0.717) is 23.6 Å². The number of carbonyl (C=O) groups is 2. The highest BCUT2D eigenvalue weighted by atomic mass is 32.2. The van der Waals surface area contributed by atoms with Crippen LogP contribution >= 0.6 is 0 Å². The van der Waals surface area contributed by atoms with Gasteiger partial charge in [0.15, 0.2) is 0 Å². The number of hydrogen-bond donors (Lipinski definition) is 1. The highest BCUT2D eigenvalue weighted by Gasteiger charge is 2.27. The van der Waals surface area contributed by atoms with E-state index in [-0.39, 0.29) is 43.8 Å². The number of nitrogens with zero attached hydrogens (tertiary/aromatic N) is 2. The van der Waals surface area contributed by atoms with Gasteiger partial charge in [0.1, 0.15) is 17.6 Å². The number of carbonyl (C=O) groups excluding carboxylic acids is 2. The maximum atomic E-state index is 13.4. The molecule has 204 valence electrons. The van der Waals surface area contributed by atoms with Crippen LogP contribution in [0.3, 0.4) is 0 Å². The molecule has 0 fully saturated rings. The zero-order chi connectivity index (χ0) is 27.6. The molecule has 2 atom stereocenters. The summed E-state index contributed by atoms with van der Waals surface area (Å²) in [4.78, 5) is 27.6. The van der Waals surface area contributed by atoms with Gasteiger partial charge in [-0.25, -0.2) is 12.8 Å². The van der Waals surface area contributed by atoms with Gasteiger partial charge in [0, 0.05) is 25.6 Å². The Labute approximate surface area is 219 Å². The largest absolute Gasteiger partial charge is 0.492 e. The van der Waals surface area contributed by atoms with Crippen LogP contribution in [0.5, 0.6) is 5.75 Å². The molecule has 0 saturated heterocycles. The van der Waals surface area contributed by atoms with Crippen LogP contribution in [0.1, 0.15) is 52.5 Å². The fourth-order valence-corrected chi connectivity index (χ4v) is 4.73. The highest BCUT2D eigenvalue weighted by Crippen LogP contribution is 2.30. The Bertz CT molecular complexity index is 1140. The van der Waals surface area contributed by atoms with Gasteiger partial charge in [-0.2, -0.15) is 0 Å². The molecule has 10 heteroatoms. The average Bonchev–Trinajstić information content (AvgIpc) is 2.85. The van der Waals surface area contributed by atoms with E-state index in [1.54, 1.807) is 43.3 Å². The van der Waals surface area contributed by atoms with Crippen molar-refractivity contribution in [2.75, 3.05) is 23.7 Å². The van der Waals surface area contributed by atoms with E-state index in [4.69, 9.17) is 4.74 Å². The predicted molar refractivity (Wildman–Crippen MR) is 143 cm³/mol. The van der Waals surface area contributed by atoms with Crippen molar-refractivity contribution in [3.05, 3.63) is 59.9 Å². The van der Waals surface area contributed by atoms with Crippen LogP contribution in [0, 0.1) is 5.82 Å². The summed E-state index contributed by atoms with van der Waals surface area (Å²) in [5, 5.41) is 2.90. The number of nitrogens with one attached hydrogen (secondary N) is 1. The van der Waals surface area contributed by atoms with Crippen molar-refractivity contribution < 1.29 is 27.1 Å². The van der Waals surface area contributed by atoms with Crippen LogP contribution in [0.4, 0.5) is 10.1 Å². The standard InChI is InChI=1S/C27H38FN3O5S/c1-6-20(3)29-27(33)21(4)30(19-22-14-16-23(28)17-15-22)26(32)13-10-18-31(37(5,34)35)24-11-8-9-12-25(24)36-7-2/h8-9,11-12,14-17,20-21H,6-7,10,13,18-19H2,1-5H3,(H,29,33)/t20-,21+/m0/s1. The molecule has 0 aliphatic carbocycles. The summed E-state index contributed by atoms with van der Waals surface area (Å²) in [5.41, 5.74) is 1.09. The van der Waals surface area contributed by atoms with E-state index in [2.05, 4.69) is 5.32 Å². The van der Waals surface area contributed by atoms with Gasteiger partial charge in [0.2, 0.25) is 21.8 Å². The lowest BCUT2D eigenvalue weighted by Crippen LogP contribution is -2.49. The van der Waals surface area contributed by atoms with Crippen LogP contribution in [-0.2, 0) is 26.2 Å². The smallest absolute Gasteiger partial charge is 0.242 e. The van der Waals surface area contributed by atoms with E-state index >= 15 is 0 Å². The summed E-state index contributed by atoms with van der Waals surface area (Å²) in [6.07, 6.45) is 2.10. The van der Waals surface area contributed by atoms with Crippen molar-refractivity contribution in [1.82, 2.24) is 10.2 Å². The number of benzene rings is 2. The summed E-state index contributed by atoms with van der Waals surface area (Å²) in [7, 11) is -3.65. The summed E-state index contributed by atoms with van der Waals surface area (Å²) in [6, 6.07) is 11.8. The minimum atomic E-state index is -3.65. The van der Waals surface area contributed by atoms with Crippen molar-refractivity contribution in [3.8, 4) is 5.75 Å². The first-order chi connectivity index (χ1) is 17.5. The minimum absolute atomic E-state index is 0.0188. The summed E-state index contributed by atoms with van der Waals surface area (Å²) in [5.74, 6) is -0.539. The third-order valence-electron chi connectivity index (χ3n) is 6.02. The second kappa shape index (κ2) is 14.0. The van der Waals surface area contributed by atoms with Gasteiger partial charge in [0.05, 0.1) is 18.6 Å². The van der Waals surface area contributed by atoms with Crippen molar-refractivity contribution >= 4 is 27.5 Å². The van der Waals surface area contributed by atoms with E-state index in [9.17, 15) is 22.4 Å². The normalized spacial score (nSPS) is 12.9. The number of para-hydroxylation sites is 2. The molecule has 0 aliphatic heterocycles. The third kappa shape index (κ3) is 9.03. The number of halogens is 1. The molecule has 2 amide bonds. The van der Waals surface area contributed by atoms with Gasteiger partial charge in [-0.3, -0.25) is 13.9 Å². The second-order valence-corrected chi connectivity index (χ2v) is 10.9. The molecule has 0 spiro atoms. The number of hydrogen-bond acceptors (Lipinski definition) is 5. The molecule has 0 aliphatic rings. The lowest BCUT2D eigenvalue weighted by molar-refractivity contribution is -0.140. The zero-order valence-corrected chi connectivity index (χ0v) is 23.1. The summed E-state index contributed by atoms with van der Waals surface area (Å²) >= 11 is 0. The van der Waals surface area contributed by atoms with Crippen molar-refractivity contribution in [1.29, 1.82) is 0 Å². The van der Waals surface area contributed by atoms with Crippen LogP contribution in [0.15, 0.2) is 48.5 Å². The topological polar surface area (TPSA) is 96.0 Å². The summed E-state index contributed by atoms with van der Waals surface area (Å²) < 4.78 is 45.4. The Morgan fingerprint density at radius 3 is 2.30 bits per heavy atom. The second-order valence-electron chi connectivity index (χ2n) is 8.98. The van der Waals surface area contributed by atoms with E-state index in [1.165, 1.54) is 21.3 Å². The Morgan fingerprint density at radius 2 is 1.70 bits per heavy atom. The van der Waals surface area contributed by atoms with Gasteiger partial charge in [0.25, 0.3) is 0 Å². The quantitative estimate of drug-likeness (QED) is 0.393. The molecule has 2 rings (SSSR count). The first kappa shape index (κ1) is 30.1. The van der Waals surface area contributed by atoms with E-state index in [0.717, 1.165) is 12.7 Å². The fraction of sp³-hybridized carbons (Fsp3) is 0.481.